The number of ether oxygens (including phenoxy) is 1. The predicted molar refractivity (Wildman–Crippen MR) is 83.6 cm³/mol. The lowest BCUT2D eigenvalue weighted by molar-refractivity contribution is -0.137. The van der Waals surface area contributed by atoms with Crippen molar-refractivity contribution in [1.29, 1.82) is 0 Å². The van der Waals surface area contributed by atoms with E-state index < -0.39 is 5.97 Å². The third-order valence-corrected chi connectivity index (χ3v) is 3.98. The summed E-state index contributed by atoms with van der Waals surface area (Å²) in [5, 5.41) is 10.0. The van der Waals surface area contributed by atoms with E-state index in [0.717, 1.165) is 11.1 Å². The molecule has 0 spiro atoms. The summed E-state index contributed by atoms with van der Waals surface area (Å²) in [5.41, 5.74) is 1.59. The van der Waals surface area contributed by atoms with E-state index in [-0.39, 0.29) is 12.3 Å². The van der Waals surface area contributed by atoms with Crippen molar-refractivity contribution in [2.24, 2.45) is 0 Å². The van der Waals surface area contributed by atoms with Gasteiger partial charge in [0.2, 0.25) is 0 Å². The highest BCUT2D eigenvalue weighted by Gasteiger charge is 2.21. The van der Waals surface area contributed by atoms with Crippen molar-refractivity contribution in [1.82, 2.24) is 0 Å². The normalized spacial score (nSPS) is 12.0. The summed E-state index contributed by atoms with van der Waals surface area (Å²) in [5.74, 6) is -0.597. The first-order chi connectivity index (χ1) is 10.0. The zero-order chi connectivity index (χ0) is 15.4. The molecule has 0 aliphatic heterocycles. The van der Waals surface area contributed by atoms with Crippen LogP contribution in [0.15, 0.2) is 42.5 Å². The molecule has 1 atom stereocenters. The third kappa shape index (κ3) is 3.69. The second kappa shape index (κ2) is 6.83. The first-order valence-electron chi connectivity index (χ1n) is 6.32. The first-order valence-corrected chi connectivity index (χ1v) is 7.08. The molecule has 0 saturated heterocycles. The van der Waals surface area contributed by atoms with Gasteiger partial charge in [-0.15, -0.1) is 0 Å². The Labute approximate surface area is 133 Å². The molecule has 3 nitrogen and oxygen atoms in total. The summed E-state index contributed by atoms with van der Waals surface area (Å²) in [6, 6.07) is 12.5. The third-order valence-electron chi connectivity index (χ3n) is 3.24. The average Bonchev–Trinajstić information content (AvgIpc) is 2.47. The van der Waals surface area contributed by atoms with Gasteiger partial charge in [-0.05, 0) is 23.8 Å². The predicted octanol–water partition coefficient (Wildman–Crippen LogP) is 4.61. The van der Waals surface area contributed by atoms with Crippen LogP contribution in [0, 0.1) is 0 Å². The lowest BCUT2D eigenvalue weighted by Gasteiger charge is -2.19. The Morgan fingerprint density at radius 1 is 1.19 bits per heavy atom. The second-order valence-corrected chi connectivity index (χ2v) is 5.38. The van der Waals surface area contributed by atoms with Crippen LogP contribution in [-0.2, 0) is 4.79 Å². The Bertz CT molecular complexity index is 656. The molecule has 0 fully saturated rings. The van der Waals surface area contributed by atoms with E-state index in [2.05, 4.69) is 0 Å². The lowest BCUT2D eigenvalue weighted by Crippen LogP contribution is -2.09. The Morgan fingerprint density at radius 3 is 2.52 bits per heavy atom. The van der Waals surface area contributed by atoms with Gasteiger partial charge in [-0.2, -0.15) is 0 Å². The smallest absolute Gasteiger partial charge is 0.304 e. The van der Waals surface area contributed by atoms with E-state index in [4.69, 9.17) is 27.9 Å². The molecule has 1 N–H and O–H groups in total. The van der Waals surface area contributed by atoms with Crippen LogP contribution < -0.4 is 4.74 Å². The van der Waals surface area contributed by atoms with Crippen LogP contribution in [-0.4, -0.2) is 18.2 Å². The van der Waals surface area contributed by atoms with Gasteiger partial charge in [0.1, 0.15) is 5.75 Å². The van der Waals surface area contributed by atoms with Gasteiger partial charge in [-0.25, -0.2) is 0 Å². The minimum absolute atomic E-state index is 0.0572. The van der Waals surface area contributed by atoms with Gasteiger partial charge >= 0.3 is 5.97 Å². The molecular weight excluding hydrogens is 311 g/mol. The number of halogens is 2. The van der Waals surface area contributed by atoms with E-state index in [1.54, 1.807) is 25.3 Å². The Hall–Kier alpha value is -1.71. The Morgan fingerprint density at radius 2 is 1.90 bits per heavy atom. The number of benzene rings is 2. The first kappa shape index (κ1) is 15.7. The number of methoxy groups -OCH3 is 1. The minimum Gasteiger partial charge on any atom is -0.496 e. The van der Waals surface area contributed by atoms with Crippen LogP contribution in [0.5, 0.6) is 5.75 Å². The summed E-state index contributed by atoms with van der Waals surface area (Å²) in [6.45, 7) is 0. The van der Waals surface area contributed by atoms with Gasteiger partial charge in [-0.3, -0.25) is 4.79 Å². The molecule has 0 aliphatic rings. The number of aliphatic carboxylic acids is 1. The molecule has 0 aromatic heterocycles. The molecule has 0 amide bonds. The maximum Gasteiger partial charge on any atom is 0.304 e. The molecule has 0 unspecified atom stereocenters. The topological polar surface area (TPSA) is 46.5 Å². The van der Waals surface area contributed by atoms with Crippen LogP contribution in [0.3, 0.4) is 0 Å². The number of hydrogen-bond donors (Lipinski definition) is 1. The van der Waals surface area contributed by atoms with Gasteiger partial charge in [0, 0.05) is 11.5 Å². The SMILES string of the molecule is COc1ccccc1[C@@H](CC(=O)O)c1ccc(Cl)c(Cl)c1. The fourth-order valence-corrected chi connectivity index (χ4v) is 2.57. The molecule has 21 heavy (non-hydrogen) atoms. The number of carboxylic acid groups (broad SMARTS) is 1. The van der Waals surface area contributed by atoms with Crippen LogP contribution in [0.2, 0.25) is 10.0 Å². The van der Waals surface area contributed by atoms with Crippen molar-refractivity contribution in [3.05, 3.63) is 63.6 Å². The highest BCUT2D eigenvalue weighted by atomic mass is 35.5. The molecule has 2 aromatic carbocycles. The highest BCUT2D eigenvalue weighted by molar-refractivity contribution is 6.42. The van der Waals surface area contributed by atoms with Crippen molar-refractivity contribution in [3.8, 4) is 5.75 Å². The number of para-hydroxylation sites is 1. The zero-order valence-electron chi connectivity index (χ0n) is 11.3. The number of carboxylic acids is 1. The quantitative estimate of drug-likeness (QED) is 0.873. The molecule has 0 radical (unpaired) electrons. The van der Waals surface area contributed by atoms with E-state index in [1.807, 2.05) is 24.3 Å². The molecule has 0 aliphatic carbocycles. The van der Waals surface area contributed by atoms with Crippen LogP contribution in [0.25, 0.3) is 0 Å². The molecule has 5 heteroatoms. The number of rotatable bonds is 5. The number of hydrogen-bond acceptors (Lipinski definition) is 2. The molecule has 2 rings (SSSR count). The van der Waals surface area contributed by atoms with Crippen molar-refractivity contribution >= 4 is 29.2 Å². The van der Waals surface area contributed by atoms with Crippen LogP contribution in [0.4, 0.5) is 0 Å². The lowest BCUT2D eigenvalue weighted by atomic mass is 9.88. The zero-order valence-corrected chi connectivity index (χ0v) is 12.9. The average molecular weight is 325 g/mol. The van der Waals surface area contributed by atoms with Gasteiger partial charge in [0.25, 0.3) is 0 Å². The summed E-state index contributed by atoms with van der Waals surface area (Å²) in [6.07, 6.45) is -0.0572. The maximum absolute atomic E-state index is 11.2. The minimum atomic E-state index is -0.892. The monoisotopic (exact) mass is 324 g/mol. The fourth-order valence-electron chi connectivity index (χ4n) is 2.27. The summed E-state index contributed by atoms with van der Waals surface area (Å²) < 4.78 is 5.33. The van der Waals surface area contributed by atoms with E-state index in [1.165, 1.54) is 0 Å². The Balaban J connectivity index is 2.52. The largest absolute Gasteiger partial charge is 0.496 e. The van der Waals surface area contributed by atoms with E-state index in [9.17, 15) is 9.90 Å². The van der Waals surface area contributed by atoms with Crippen molar-refractivity contribution in [2.45, 2.75) is 12.3 Å². The standard InChI is InChI=1S/C16H14Cl2O3/c1-21-15-5-3-2-4-11(15)12(9-16(19)20)10-6-7-13(17)14(18)8-10/h2-8,12H,9H2,1H3,(H,19,20)/t12-/m0/s1. The van der Waals surface area contributed by atoms with Gasteiger partial charge in [-0.1, -0.05) is 47.5 Å². The fraction of sp³-hybridized carbons (Fsp3) is 0.188. The van der Waals surface area contributed by atoms with Gasteiger partial charge in [0.15, 0.2) is 0 Å². The van der Waals surface area contributed by atoms with Crippen molar-refractivity contribution in [3.63, 3.8) is 0 Å². The van der Waals surface area contributed by atoms with Crippen LogP contribution >= 0.6 is 23.2 Å². The van der Waals surface area contributed by atoms with E-state index >= 15 is 0 Å². The maximum atomic E-state index is 11.2. The highest BCUT2D eigenvalue weighted by Crippen LogP contribution is 2.36. The summed E-state index contributed by atoms with van der Waals surface area (Å²) >= 11 is 12.0. The molecule has 0 saturated carbocycles. The molecule has 0 bridgehead atoms. The molecule has 0 heterocycles. The second-order valence-electron chi connectivity index (χ2n) is 4.57. The molecular formula is C16H14Cl2O3. The van der Waals surface area contributed by atoms with Crippen LogP contribution in [0.1, 0.15) is 23.5 Å². The molecule has 2 aromatic rings. The summed E-state index contributed by atoms with van der Waals surface area (Å²) in [4.78, 5) is 11.2. The van der Waals surface area contributed by atoms with Crippen molar-refractivity contribution in [2.75, 3.05) is 7.11 Å². The van der Waals surface area contributed by atoms with Gasteiger partial charge < -0.3 is 9.84 Å². The molecule has 110 valence electrons. The summed E-state index contributed by atoms with van der Waals surface area (Å²) in [7, 11) is 1.56. The number of carbonyl (C=O) groups is 1. The Kier molecular flexibility index (Phi) is 5.10. The van der Waals surface area contributed by atoms with Gasteiger partial charge in [0.05, 0.1) is 23.6 Å². The van der Waals surface area contributed by atoms with Crippen molar-refractivity contribution < 1.29 is 14.6 Å². The van der Waals surface area contributed by atoms with E-state index in [0.29, 0.717) is 15.8 Å².